The van der Waals surface area contributed by atoms with Crippen molar-refractivity contribution in [2.45, 2.75) is 192 Å². The molecule has 1 aliphatic heterocycles. The Kier molecular flexibility index (Phi) is 34.9. The number of carboxylic acid groups (broad SMARTS) is 3. The molecule has 13 amide bonds. The number of aliphatic carboxylic acids is 3. The molecule has 0 spiro atoms. The summed E-state index contributed by atoms with van der Waals surface area (Å²) in [5.74, 6) is -20.1. The number of carboxylic acids is 3. The number of methoxy groups -OCH3 is 1. The normalized spacial score (nSPS) is 22.5. The molecule has 19 N–H and O–H groups in total. The van der Waals surface area contributed by atoms with Gasteiger partial charge in [-0.05, 0) is 91.8 Å². The predicted molar refractivity (Wildman–Crippen MR) is 415 cm³/mol. The topological polar surface area (TPSA) is 551 Å². The Morgan fingerprint density at radius 1 is 0.549 bits per heavy atom. The predicted octanol–water partition coefficient (Wildman–Crippen LogP) is -0.393. The number of hydrogen-bond acceptors (Lipinski definition) is 20. The molecule has 6 rings (SSSR count). The quantitative estimate of drug-likeness (QED) is 0.0350. The lowest BCUT2D eigenvalue weighted by atomic mass is 9.98. The fourth-order valence-electron chi connectivity index (χ4n) is 12.1. The van der Waals surface area contributed by atoms with Gasteiger partial charge in [-0.15, -0.1) is 0 Å². The summed E-state index contributed by atoms with van der Waals surface area (Å²) in [7, 11) is 2.89. The van der Waals surface area contributed by atoms with Crippen molar-refractivity contribution in [3.05, 3.63) is 102 Å². The van der Waals surface area contributed by atoms with E-state index < -0.39 is 217 Å². The van der Waals surface area contributed by atoms with Gasteiger partial charge in [0.25, 0.3) is 0 Å². The van der Waals surface area contributed by atoms with Gasteiger partial charge in [0, 0.05) is 78.3 Å². The minimum Gasteiger partial charge on any atom is -0.497 e. The van der Waals surface area contributed by atoms with Gasteiger partial charge >= 0.3 is 17.9 Å². The maximum Gasteiger partial charge on any atom is 0.328 e. The molecule has 113 heavy (non-hydrogen) atoms. The van der Waals surface area contributed by atoms with Crippen molar-refractivity contribution in [1.82, 2.24) is 79.1 Å². The zero-order chi connectivity index (χ0) is 83.5. The van der Waals surface area contributed by atoms with Gasteiger partial charge in [0.15, 0.2) is 6.04 Å². The first kappa shape index (κ1) is 90.6. The molecule has 38 heteroatoms. The van der Waals surface area contributed by atoms with Gasteiger partial charge in [0.2, 0.25) is 76.8 Å². The molecule has 3 heterocycles. The number of rotatable bonds is 24. The molecule has 36 nitrogen and oxygen atoms in total. The first-order chi connectivity index (χ1) is 53.4. The van der Waals surface area contributed by atoms with Crippen LogP contribution in [-0.4, -0.2) is 229 Å². The van der Waals surface area contributed by atoms with Gasteiger partial charge in [-0.25, -0.2) is 4.79 Å². The summed E-state index contributed by atoms with van der Waals surface area (Å²) < 4.78 is 5.45. The second kappa shape index (κ2) is 43.5. The number of aromatic amines is 2. The SMILES string of the molecule is COc1cccc(C[C@@H]2NC(=O)[C@H](Cc3c[nH]c4ccccc34)NC(=O)[C@H](C)NC(=O)[C@@H](NC(=O)[C@H](CC(=O)O)NC(C)=O)CSSC[C@@H](C(=O)N[C@H](C(=O)O)[C@@H](C)O)NC(=O)[C@H](Cc3c[nH]c4ccccc34)NC(=O)[C@H](C(C)C)NC(=O)[C@H](CC(C)C)NC(=O)[C@H](CCC(=O)O)NC(=O)CNC(=O)[C@H](CC(C)C)NC2=O)c1. The number of nitrogens with one attached hydrogen (secondary N) is 15. The van der Waals surface area contributed by atoms with E-state index in [0.717, 1.165) is 35.4 Å². The monoisotopic (exact) mass is 1610 g/mol. The van der Waals surface area contributed by atoms with E-state index >= 15 is 9.59 Å². The average Bonchev–Trinajstić information content (AvgIpc) is 1.72. The summed E-state index contributed by atoms with van der Waals surface area (Å²) in [4.78, 5) is 230. The van der Waals surface area contributed by atoms with Crippen molar-refractivity contribution in [3.8, 4) is 5.75 Å². The van der Waals surface area contributed by atoms with Crippen molar-refractivity contribution in [2.75, 3.05) is 25.2 Å². The fourth-order valence-corrected chi connectivity index (χ4v) is 14.5. The van der Waals surface area contributed by atoms with Crippen molar-refractivity contribution in [2.24, 2.45) is 17.8 Å². The van der Waals surface area contributed by atoms with E-state index in [1.54, 1.807) is 127 Å². The number of fused-ring (bicyclic) bond motifs is 2. The highest BCUT2D eigenvalue weighted by Gasteiger charge is 2.39. The lowest BCUT2D eigenvalue weighted by Gasteiger charge is -2.29. The number of amides is 13. The van der Waals surface area contributed by atoms with Crippen LogP contribution in [-0.2, 0) is 96.0 Å². The summed E-state index contributed by atoms with van der Waals surface area (Å²) >= 11 is 0. The van der Waals surface area contributed by atoms with Crippen LogP contribution in [0.15, 0.2) is 85.2 Å². The van der Waals surface area contributed by atoms with E-state index in [4.69, 9.17) is 4.74 Å². The van der Waals surface area contributed by atoms with Crippen LogP contribution in [0.25, 0.3) is 21.8 Å². The standard InChI is InChI=1S/C75H101N15O21S2/c1-36(2)24-51-65(99)78-33-59(93)81-50(22-23-60(94)95)66(100)84-52(25-37(3)4)71(105)89-62(38(5)6)74(108)86-55(29-44-32-77-49-21-14-12-19-47(44)49)69(103)88-58(73(107)90-63(40(8)91)75(109)110)35-113-112-34-57(87-70(104)56(30-61(96)97)80-41(9)92)72(106)79-39(7)64(98)82-54(28-43-31-76-48-20-13-11-18-46(43)48)68(102)85-53(67(101)83-51)27-42-16-15-17-45(26-42)111-10/h11-21,26,31-32,36-40,50-58,62-63,76-77,91H,22-25,27-30,33-35H2,1-10H3,(H,78,99)(H,79,106)(H,80,92)(H,81,93)(H,82,98)(H,83,101)(H,84,100)(H,85,102)(H,86,108)(H,87,104)(H,88,103)(H,89,105)(H,90,107)(H,94,95)(H,96,97)(H,109,110)/t39-,40+,50-,51-,52-,53-,54-,55-,56-,57-,58-,62-,63-/m0/s1. The summed E-state index contributed by atoms with van der Waals surface area (Å²) in [6.45, 7) is 12.4. The number of H-pyrrole nitrogens is 2. The second-order valence-electron chi connectivity index (χ2n) is 28.6. The number of carbonyl (C=O) groups is 16. The zero-order valence-corrected chi connectivity index (χ0v) is 65.8. The Bertz CT molecular complexity index is 4250. The molecule has 3 aromatic carbocycles. The van der Waals surface area contributed by atoms with Crippen LogP contribution in [0.2, 0.25) is 0 Å². The number of para-hydroxylation sites is 2. The number of aromatic nitrogens is 2. The second-order valence-corrected chi connectivity index (χ2v) is 31.1. The molecule has 13 atom stereocenters. The number of aliphatic hydroxyl groups excluding tert-OH is 1. The Labute approximate surface area is 658 Å². The number of hydrogen-bond donors (Lipinski definition) is 19. The van der Waals surface area contributed by atoms with Crippen LogP contribution >= 0.6 is 21.6 Å². The van der Waals surface area contributed by atoms with Gasteiger partial charge in [-0.1, -0.05) is 112 Å². The third-order valence-corrected chi connectivity index (χ3v) is 20.4. The highest BCUT2D eigenvalue weighted by Crippen LogP contribution is 2.26. The third-order valence-electron chi connectivity index (χ3n) is 18.0. The molecule has 1 fully saturated rings. The number of benzene rings is 3. The molecule has 0 aliphatic carbocycles. The van der Waals surface area contributed by atoms with Crippen molar-refractivity contribution in [1.29, 1.82) is 0 Å². The fraction of sp³-hybridized carbons (Fsp3) is 0.493. The maximum absolute atomic E-state index is 15.2. The van der Waals surface area contributed by atoms with Crippen molar-refractivity contribution in [3.63, 3.8) is 0 Å². The molecule has 2 aromatic heterocycles. The molecule has 5 aromatic rings. The van der Waals surface area contributed by atoms with Crippen LogP contribution in [0.3, 0.4) is 0 Å². The molecule has 0 unspecified atom stereocenters. The summed E-state index contributed by atoms with van der Waals surface area (Å²) in [6.07, 6.45) is -1.84. The molecular weight excluding hydrogens is 1510 g/mol. The lowest BCUT2D eigenvalue weighted by molar-refractivity contribution is -0.145. The van der Waals surface area contributed by atoms with E-state index in [-0.39, 0.29) is 43.9 Å². The molecule has 0 saturated carbocycles. The molecule has 0 bridgehead atoms. The maximum atomic E-state index is 15.2. The van der Waals surface area contributed by atoms with Gasteiger partial charge in [0.05, 0.1) is 26.2 Å². The number of aliphatic hydroxyl groups is 1. The summed E-state index contributed by atoms with van der Waals surface area (Å²) in [5.41, 5.74) is 2.61. The van der Waals surface area contributed by atoms with Gasteiger partial charge in [-0.2, -0.15) is 0 Å². The minimum absolute atomic E-state index is 0.0629. The summed E-state index contributed by atoms with van der Waals surface area (Å²) in [5, 5.41) is 74.2. The van der Waals surface area contributed by atoms with E-state index in [2.05, 4.69) is 79.1 Å². The Morgan fingerprint density at radius 2 is 1.06 bits per heavy atom. The smallest absolute Gasteiger partial charge is 0.328 e. The molecule has 1 saturated heterocycles. The molecular formula is C75H101N15O21S2. The van der Waals surface area contributed by atoms with Gasteiger partial charge < -0.3 is 104 Å². The summed E-state index contributed by atoms with van der Waals surface area (Å²) in [6, 6.07) is 0.403. The highest BCUT2D eigenvalue weighted by atomic mass is 33.1. The molecule has 1 aliphatic rings. The zero-order valence-electron chi connectivity index (χ0n) is 64.1. The Hall–Kier alpha value is -11.3. The Balaban J connectivity index is 1.48. The van der Waals surface area contributed by atoms with E-state index in [0.29, 0.717) is 44.2 Å². The highest BCUT2D eigenvalue weighted by molar-refractivity contribution is 8.76. The largest absolute Gasteiger partial charge is 0.497 e. The lowest BCUT2D eigenvalue weighted by Crippen LogP contribution is -2.61. The van der Waals surface area contributed by atoms with E-state index in [1.807, 2.05) is 0 Å². The van der Waals surface area contributed by atoms with Crippen LogP contribution < -0.4 is 73.9 Å². The number of carbonyl (C=O) groups excluding carboxylic acids is 13. The minimum atomic E-state index is -1.97. The van der Waals surface area contributed by atoms with Gasteiger partial charge in [-0.3, -0.25) is 71.9 Å². The molecule has 0 radical (unpaired) electrons. The number of ether oxygens (including phenoxy) is 1. The van der Waals surface area contributed by atoms with Crippen LogP contribution in [0.5, 0.6) is 5.75 Å². The third kappa shape index (κ3) is 28.5. The van der Waals surface area contributed by atoms with E-state index in [9.17, 15) is 87.5 Å². The first-order valence-electron chi connectivity index (χ1n) is 36.6. The van der Waals surface area contributed by atoms with Crippen molar-refractivity contribution >= 4 is 138 Å². The van der Waals surface area contributed by atoms with Gasteiger partial charge in [0.1, 0.15) is 72.2 Å². The van der Waals surface area contributed by atoms with Crippen molar-refractivity contribution < 1.29 is 102 Å². The first-order valence-corrected chi connectivity index (χ1v) is 39.1. The molecule has 614 valence electrons. The Morgan fingerprint density at radius 3 is 1.59 bits per heavy atom. The average molecular weight is 1610 g/mol. The van der Waals surface area contributed by atoms with Crippen LogP contribution in [0.1, 0.15) is 111 Å². The van der Waals surface area contributed by atoms with Crippen LogP contribution in [0.4, 0.5) is 0 Å². The van der Waals surface area contributed by atoms with E-state index in [1.165, 1.54) is 14.0 Å². The van der Waals surface area contributed by atoms with Crippen LogP contribution in [0, 0.1) is 17.8 Å².